The SMILES string of the molecule is CC(C)(C)OC(=O)N1CCC(CCCNc2ncnc3c2ncn3[C@@H]2O[C@H](CO)[C@H](O)[C@@H]2O)CC1. The van der Waals surface area contributed by atoms with Gasteiger partial charge in [-0.3, -0.25) is 4.57 Å². The number of hydrogen-bond acceptors (Lipinski definition) is 10. The van der Waals surface area contributed by atoms with E-state index in [1.165, 1.54) is 12.7 Å². The van der Waals surface area contributed by atoms with E-state index in [4.69, 9.17) is 9.47 Å². The summed E-state index contributed by atoms with van der Waals surface area (Å²) in [5, 5.41) is 33.0. The number of aliphatic hydroxyl groups excluding tert-OH is 3. The lowest BCUT2D eigenvalue weighted by Crippen LogP contribution is -2.41. The number of hydrogen-bond donors (Lipinski definition) is 4. The van der Waals surface area contributed by atoms with Crippen LogP contribution in [0.15, 0.2) is 12.7 Å². The van der Waals surface area contributed by atoms with Crippen LogP contribution in [-0.2, 0) is 9.47 Å². The molecule has 2 aromatic heterocycles. The van der Waals surface area contributed by atoms with Gasteiger partial charge in [0.1, 0.15) is 30.2 Å². The highest BCUT2D eigenvalue weighted by Crippen LogP contribution is 2.32. The standard InChI is InChI=1S/C23H36N6O6/c1-23(2,3)35-22(33)28-9-6-14(7-10-28)5-4-8-24-19-16-20(26-12-25-19)29(13-27-16)21-18(32)17(31)15(11-30)34-21/h12-15,17-18,21,30-32H,4-11H2,1-3H3,(H,24,25,26)/t15-,17+,18+,21-/m1/s1. The predicted molar refractivity (Wildman–Crippen MR) is 127 cm³/mol. The fourth-order valence-electron chi connectivity index (χ4n) is 4.61. The molecule has 4 N–H and O–H groups in total. The molecule has 4 atom stereocenters. The normalized spacial score (nSPS) is 25.8. The van der Waals surface area contributed by atoms with Crippen LogP contribution in [0.1, 0.15) is 52.7 Å². The van der Waals surface area contributed by atoms with E-state index in [0.717, 1.165) is 38.8 Å². The molecule has 0 radical (unpaired) electrons. The fourth-order valence-corrected chi connectivity index (χ4v) is 4.61. The number of amides is 1. The van der Waals surface area contributed by atoms with E-state index >= 15 is 0 Å². The molecule has 2 aliphatic rings. The van der Waals surface area contributed by atoms with E-state index < -0.39 is 36.7 Å². The third-order valence-corrected chi connectivity index (χ3v) is 6.50. The van der Waals surface area contributed by atoms with E-state index in [1.807, 2.05) is 20.8 Å². The zero-order valence-electron chi connectivity index (χ0n) is 20.5. The molecule has 12 heteroatoms. The highest BCUT2D eigenvalue weighted by Gasteiger charge is 2.44. The minimum Gasteiger partial charge on any atom is -0.444 e. The number of nitrogens with zero attached hydrogens (tertiary/aromatic N) is 5. The summed E-state index contributed by atoms with van der Waals surface area (Å²) >= 11 is 0. The van der Waals surface area contributed by atoms with Gasteiger partial charge in [-0.1, -0.05) is 0 Å². The molecule has 0 aromatic carbocycles. The van der Waals surface area contributed by atoms with E-state index in [-0.39, 0.29) is 6.09 Å². The predicted octanol–water partition coefficient (Wildman–Crippen LogP) is 1.28. The molecule has 2 saturated heterocycles. The third kappa shape index (κ3) is 5.83. The Hall–Kier alpha value is -2.54. The first-order valence-corrected chi connectivity index (χ1v) is 12.2. The van der Waals surface area contributed by atoms with Crippen LogP contribution in [-0.4, -0.2) is 96.0 Å². The summed E-state index contributed by atoms with van der Waals surface area (Å²) in [7, 11) is 0. The van der Waals surface area contributed by atoms with Gasteiger partial charge in [-0.05, 0) is 52.4 Å². The van der Waals surface area contributed by atoms with Crippen molar-refractivity contribution in [1.29, 1.82) is 0 Å². The number of anilines is 1. The number of aliphatic hydroxyl groups is 3. The lowest BCUT2D eigenvalue weighted by molar-refractivity contribution is -0.0511. The van der Waals surface area contributed by atoms with E-state index in [1.54, 1.807) is 9.47 Å². The maximum atomic E-state index is 12.2. The van der Waals surface area contributed by atoms with Crippen molar-refractivity contribution in [1.82, 2.24) is 24.4 Å². The summed E-state index contributed by atoms with van der Waals surface area (Å²) < 4.78 is 12.6. The number of piperidine rings is 1. The molecule has 35 heavy (non-hydrogen) atoms. The Balaban J connectivity index is 1.27. The van der Waals surface area contributed by atoms with Crippen molar-refractivity contribution in [2.24, 2.45) is 5.92 Å². The van der Waals surface area contributed by atoms with Gasteiger partial charge in [0, 0.05) is 19.6 Å². The molecule has 0 spiro atoms. The number of nitrogens with one attached hydrogen (secondary N) is 1. The quantitative estimate of drug-likeness (QED) is 0.415. The molecule has 4 heterocycles. The van der Waals surface area contributed by atoms with Crippen molar-refractivity contribution in [2.45, 2.75) is 76.6 Å². The third-order valence-electron chi connectivity index (χ3n) is 6.50. The highest BCUT2D eigenvalue weighted by molar-refractivity contribution is 5.82. The summed E-state index contributed by atoms with van der Waals surface area (Å²) in [5.74, 6) is 1.15. The average Bonchev–Trinajstić information content (AvgIpc) is 3.37. The van der Waals surface area contributed by atoms with Crippen LogP contribution in [0.2, 0.25) is 0 Å². The molecular formula is C23H36N6O6. The molecule has 194 valence electrons. The van der Waals surface area contributed by atoms with Crippen LogP contribution in [0.5, 0.6) is 0 Å². The number of ether oxygens (including phenoxy) is 2. The van der Waals surface area contributed by atoms with Crippen molar-refractivity contribution in [3.8, 4) is 0 Å². The number of rotatable bonds is 7. The number of likely N-dealkylation sites (tertiary alicyclic amines) is 1. The lowest BCUT2D eigenvalue weighted by atomic mass is 9.92. The Labute approximate surface area is 204 Å². The minimum absolute atomic E-state index is 0.234. The zero-order chi connectivity index (χ0) is 25.2. The number of aromatic nitrogens is 4. The van der Waals surface area contributed by atoms with Gasteiger partial charge >= 0.3 is 6.09 Å². The minimum atomic E-state index is -1.21. The zero-order valence-corrected chi connectivity index (χ0v) is 20.5. The van der Waals surface area contributed by atoms with Crippen molar-refractivity contribution in [3.05, 3.63) is 12.7 Å². The molecule has 2 aliphatic heterocycles. The van der Waals surface area contributed by atoms with E-state index in [2.05, 4.69) is 20.3 Å². The summed E-state index contributed by atoms with van der Waals surface area (Å²) in [6.07, 6.45) is 2.40. The Kier molecular flexibility index (Phi) is 7.74. The van der Waals surface area contributed by atoms with Crippen LogP contribution in [0.4, 0.5) is 10.6 Å². The topological polar surface area (TPSA) is 155 Å². The smallest absolute Gasteiger partial charge is 0.410 e. The van der Waals surface area contributed by atoms with Crippen molar-refractivity contribution < 1.29 is 29.6 Å². The van der Waals surface area contributed by atoms with Crippen molar-refractivity contribution in [2.75, 3.05) is 31.6 Å². The number of carbonyl (C=O) groups excluding carboxylic acids is 1. The Morgan fingerprint density at radius 3 is 2.60 bits per heavy atom. The first kappa shape index (κ1) is 25.5. The molecule has 4 rings (SSSR count). The molecular weight excluding hydrogens is 456 g/mol. The van der Waals surface area contributed by atoms with Gasteiger partial charge in [0.15, 0.2) is 23.2 Å². The molecule has 0 aliphatic carbocycles. The second-order valence-corrected chi connectivity index (χ2v) is 10.3. The average molecular weight is 493 g/mol. The first-order valence-electron chi connectivity index (χ1n) is 12.2. The van der Waals surface area contributed by atoms with Gasteiger partial charge < -0.3 is 35.0 Å². The van der Waals surface area contributed by atoms with Crippen molar-refractivity contribution in [3.63, 3.8) is 0 Å². The molecule has 2 fully saturated rings. The van der Waals surface area contributed by atoms with Gasteiger partial charge in [-0.15, -0.1) is 0 Å². The number of carbonyl (C=O) groups is 1. The maximum Gasteiger partial charge on any atom is 0.410 e. The van der Waals surface area contributed by atoms with Crippen LogP contribution >= 0.6 is 0 Å². The van der Waals surface area contributed by atoms with Gasteiger partial charge in [0.05, 0.1) is 12.9 Å². The number of fused-ring (bicyclic) bond motifs is 1. The Morgan fingerprint density at radius 1 is 1.20 bits per heavy atom. The monoisotopic (exact) mass is 492 g/mol. The molecule has 1 amide bonds. The van der Waals surface area contributed by atoms with Crippen LogP contribution < -0.4 is 5.32 Å². The fraction of sp³-hybridized carbons (Fsp3) is 0.739. The van der Waals surface area contributed by atoms with E-state index in [9.17, 15) is 20.1 Å². The first-order chi connectivity index (χ1) is 16.7. The lowest BCUT2D eigenvalue weighted by Gasteiger charge is -2.33. The maximum absolute atomic E-state index is 12.2. The van der Waals surface area contributed by atoms with E-state index in [0.29, 0.717) is 29.4 Å². The molecule has 12 nitrogen and oxygen atoms in total. The molecule has 0 unspecified atom stereocenters. The van der Waals surface area contributed by atoms with Crippen LogP contribution in [0, 0.1) is 5.92 Å². The van der Waals surface area contributed by atoms with Gasteiger partial charge in [-0.2, -0.15) is 0 Å². The number of imidazole rings is 1. The summed E-state index contributed by atoms with van der Waals surface area (Å²) in [4.78, 5) is 27.0. The Bertz CT molecular complexity index is 1000. The largest absolute Gasteiger partial charge is 0.444 e. The highest BCUT2D eigenvalue weighted by atomic mass is 16.6. The van der Waals surface area contributed by atoms with Gasteiger partial charge in [-0.25, -0.2) is 19.7 Å². The summed E-state index contributed by atoms with van der Waals surface area (Å²) in [6, 6.07) is 0. The second kappa shape index (κ2) is 10.6. The molecule has 0 bridgehead atoms. The second-order valence-electron chi connectivity index (χ2n) is 10.3. The summed E-state index contributed by atoms with van der Waals surface area (Å²) in [5.41, 5.74) is 0.525. The molecule has 0 saturated carbocycles. The van der Waals surface area contributed by atoms with Gasteiger partial charge in [0.2, 0.25) is 0 Å². The Morgan fingerprint density at radius 2 is 1.94 bits per heavy atom. The molecule has 2 aromatic rings. The van der Waals surface area contributed by atoms with Crippen molar-refractivity contribution >= 4 is 23.1 Å². The van der Waals surface area contributed by atoms with Crippen LogP contribution in [0.3, 0.4) is 0 Å². The van der Waals surface area contributed by atoms with Crippen LogP contribution in [0.25, 0.3) is 11.2 Å². The van der Waals surface area contributed by atoms with Gasteiger partial charge in [0.25, 0.3) is 0 Å². The summed E-state index contributed by atoms with van der Waals surface area (Å²) in [6.45, 7) is 7.38.